The van der Waals surface area contributed by atoms with Gasteiger partial charge in [-0.2, -0.15) is 0 Å². The minimum absolute atomic E-state index is 0.000863. The molecule has 95 heavy (non-hydrogen) atoms. The summed E-state index contributed by atoms with van der Waals surface area (Å²) in [6.45, 7) is 11.8. The van der Waals surface area contributed by atoms with Crippen molar-refractivity contribution in [3.63, 3.8) is 0 Å². The van der Waals surface area contributed by atoms with Crippen molar-refractivity contribution < 1.29 is 131 Å². The topological polar surface area (TPSA) is 392 Å². The smallest absolute Gasteiger partial charge is 0.336 e. The van der Waals surface area contributed by atoms with E-state index in [1.54, 1.807) is 26.8 Å². The molecule has 1 aliphatic carbocycles. The van der Waals surface area contributed by atoms with Gasteiger partial charge in [0.25, 0.3) is 23.4 Å². The Kier molecular flexibility index (Phi) is 21.7. The number of ketones is 1. The van der Waals surface area contributed by atoms with Crippen molar-refractivity contribution >= 4 is 92.2 Å². The third kappa shape index (κ3) is 13.2. The minimum Gasteiger partial charge on any atom is -0.506 e. The summed E-state index contributed by atoms with van der Waals surface area (Å²) >= 11 is 3.37. The molecule has 7 aliphatic heterocycles. The van der Waals surface area contributed by atoms with E-state index in [2.05, 4.69) is 27.7 Å². The summed E-state index contributed by atoms with van der Waals surface area (Å²) in [6, 6.07) is 1.69. The average molecular weight is 1470 g/mol. The van der Waals surface area contributed by atoms with Crippen LogP contribution in [0, 0.1) is 18.8 Å². The normalized spacial score (nSPS) is 35.3. The first-order valence-corrected chi connectivity index (χ1v) is 33.9. The molecule has 13 unspecified atom stereocenters. The number of phenolic OH excluding ortho intramolecular Hbond substituents is 1. The number of epoxide rings is 1. The van der Waals surface area contributed by atoms with E-state index < -0.39 is 152 Å². The van der Waals surface area contributed by atoms with Crippen molar-refractivity contribution in [2.45, 2.75) is 212 Å². The van der Waals surface area contributed by atoms with Gasteiger partial charge < -0.3 is 97.2 Å². The Balaban J connectivity index is 0.811. The lowest BCUT2D eigenvalue weighted by Gasteiger charge is -2.49. The maximum absolute atomic E-state index is 14.5. The number of hydrogen-bond donors (Lipinski definition) is 6. The van der Waals surface area contributed by atoms with Crippen LogP contribution in [0.2, 0.25) is 0 Å². The average Bonchev–Trinajstić information content (AvgIpc) is 1.49. The molecule has 6 N–H and O–H groups in total. The number of rotatable bonds is 25. The Bertz CT molecular complexity index is 3310. The molecule has 526 valence electrons. The third-order valence-corrected chi connectivity index (χ3v) is 21.7. The number of thioether (sulfide) groups is 1. The second kappa shape index (κ2) is 28.3. The van der Waals surface area contributed by atoms with Crippen molar-refractivity contribution in [1.82, 2.24) is 9.96 Å². The molecular weight excluding hydrogens is 1390 g/mol. The highest BCUT2D eigenvalue weighted by Gasteiger charge is 2.89. The Morgan fingerprint density at radius 3 is 2.21 bits per heavy atom. The number of ether oxygens (including phenoxy) is 12. The van der Waals surface area contributed by atoms with E-state index in [1.807, 2.05) is 0 Å². The van der Waals surface area contributed by atoms with E-state index in [0.29, 0.717) is 47.6 Å². The first-order valence-electron chi connectivity index (χ1n) is 31.6. The standard InChI is InChI=1S/C63H84IN3O27S/c1-28-22-37-47(51(75)48(50(74)29(2)68)46(52(37)81-9)30(3)87-44-25-59(8,78)54(31(4)88-44)90-34(7)69)53-45(28)49(64)55-63(92-53,60(27-85-60)62(80,93-55)58(82-10)83-11)91-43-24-39(70)61(79,33(6)89-43)32(5)65-86-19-18-84-20-21-95-38-23-42(73)66(56(38)76)26-35-12-14-36(15-13-35)57(77)94-67-40(71)16-17-41(67)72/h22,29-31,33,35-36,38-39,43-44,49,54-55,58,68,70,75,78-80H,12-21,23-27H2,1-11H3/b65-32+/t29?,30-,31?,33?,35?,36?,38?,39?,43?,44?,49?,54?,55?,59?,60+,61?,62?,63+/m0/s1. The number of fused-ring (bicyclic) bond motifs is 5. The summed E-state index contributed by atoms with van der Waals surface area (Å²) in [5.41, 5.74) is -5.43. The molecule has 0 radical (unpaired) electrons. The highest BCUT2D eigenvalue weighted by atomic mass is 127. The van der Waals surface area contributed by atoms with Gasteiger partial charge in [0.2, 0.25) is 23.7 Å². The molecule has 16 atom stereocenters. The molecule has 2 aromatic carbocycles. The molecule has 1 spiro atoms. The Hall–Kier alpha value is -5.02. The zero-order valence-corrected chi connectivity index (χ0v) is 57.6. The van der Waals surface area contributed by atoms with Gasteiger partial charge in [-0.3, -0.25) is 33.7 Å². The molecule has 2 aromatic rings. The van der Waals surface area contributed by atoms with Gasteiger partial charge in [0.15, 0.2) is 30.1 Å². The minimum atomic E-state index is -2.51. The van der Waals surface area contributed by atoms with Crippen LogP contribution in [0.25, 0.3) is 10.8 Å². The van der Waals surface area contributed by atoms with E-state index >= 15 is 0 Å². The number of likely N-dealkylation sites (tertiary alicyclic amines) is 1. The van der Waals surface area contributed by atoms with Gasteiger partial charge in [-0.05, 0) is 91.7 Å². The first-order chi connectivity index (χ1) is 44.8. The Labute approximate surface area is 565 Å². The number of aromatic hydroxyl groups is 1. The Morgan fingerprint density at radius 2 is 1.61 bits per heavy atom. The number of aliphatic hydroxyl groups excluding tert-OH is 2. The largest absolute Gasteiger partial charge is 0.506 e. The van der Waals surface area contributed by atoms with Gasteiger partial charge in [0, 0.05) is 82.1 Å². The van der Waals surface area contributed by atoms with Gasteiger partial charge >= 0.3 is 11.9 Å². The first kappa shape index (κ1) is 72.7. The SMILES string of the molecule is COc1c([C@H](C)OC2CC(C)(O)C(OC(C)=O)C(C)O2)c(C(=O)C(C)O)c(O)c2c3c(c(C)cc12)C(I)C1OC(O)(C(OC)OC)[C@]2(CO2)[C@]1(OC1CC(O)C(O)(/C(C)=N/OCCOCCSC2CC(=O)N(CC4CCC(C(=O)ON5C(=O)CCC5=O)CC4)C2=O)C(C)O1)O3. The number of esters is 1. The molecular formula is C63H84IN3O27S. The fraction of sp³-hybridized carbons (Fsp3) is 0.714. The zero-order chi connectivity index (χ0) is 69.2. The van der Waals surface area contributed by atoms with Gasteiger partial charge in [-0.25, -0.2) is 4.79 Å². The lowest BCUT2D eigenvalue weighted by molar-refractivity contribution is -0.354. The number of hydrogen-bond acceptors (Lipinski definition) is 29. The number of Topliss-reactive ketones (excluding diaryl/α,β-unsaturated/α-hetero) is 1. The van der Waals surface area contributed by atoms with Crippen LogP contribution in [-0.2, 0) is 85.8 Å². The predicted octanol–water partition coefficient (Wildman–Crippen LogP) is 3.29. The van der Waals surface area contributed by atoms with Gasteiger partial charge in [-0.15, -0.1) is 16.8 Å². The number of oxime groups is 1. The number of aryl methyl sites for hydroxylation is 1. The van der Waals surface area contributed by atoms with Crippen molar-refractivity contribution in [3.8, 4) is 17.2 Å². The number of halogens is 1. The van der Waals surface area contributed by atoms with Gasteiger partial charge in [-0.1, -0.05) is 27.7 Å². The van der Waals surface area contributed by atoms with Crippen molar-refractivity contribution in [3.05, 3.63) is 28.3 Å². The maximum Gasteiger partial charge on any atom is 0.336 e. The van der Waals surface area contributed by atoms with Gasteiger partial charge in [0.05, 0.1) is 83.1 Å². The molecule has 4 amide bonds. The van der Waals surface area contributed by atoms with E-state index in [1.165, 1.54) is 72.6 Å². The third-order valence-electron chi connectivity index (χ3n) is 19.3. The molecule has 8 aliphatic rings. The van der Waals surface area contributed by atoms with Crippen molar-refractivity contribution in [1.29, 1.82) is 0 Å². The molecule has 0 bridgehead atoms. The molecule has 6 saturated heterocycles. The number of carbonyl (C=O) groups is 7. The maximum atomic E-state index is 14.5. The van der Waals surface area contributed by atoms with E-state index in [0.717, 1.165) is 0 Å². The van der Waals surface area contributed by atoms with Crippen LogP contribution in [0.15, 0.2) is 11.2 Å². The molecule has 30 nitrogen and oxygen atoms in total. The molecule has 7 fully saturated rings. The molecule has 7 heterocycles. The fourth-order valence-corrected chi connectivity index (χ4v) is 16.8. The second-order valence-corrected chi connectivity index (χ2v) is 28.3. The quantitative estimate of drug-likeness (QED) is 0.00793. The monoisotopic (exact) mass is 1470 g/mol. The number of aliphatic hydroxyl groups is 5. The summed E-state index contributed by atoms with van der Waals surface area (Å²) in [4.78, 5) is 101. The number of nitrogens with zero attached hydrogens (tertiary/aromatic N) is 3. The summed E-state index contributed by atoms with van der Waals surface area (Å²) in [6.07, 6.45) is -12.0. The fourth-order valence-electron chi connectivity index (χ4n) is 14.3. The summed E-state index contributed by atoms with van der Waals surface area (Å²) in [5, 5.41) is 76.5. The summed E-state index contributed by atoms with van der Waals surface area (Å²) in [7, 11) is 3.87. The van der Waals surface area contributed by atoms with Crippen LogP contribution >= 0.6 is 34.4 Å². The highest BCUT2D eigenvalue weighted by Crippen LogP contribution is 2.68. The number of alkyl halides is 1. The second-order valence-electron chi connectivity index (χ2n) is 25.7. The van der Waals surface area contributed by atoms with Crippen LogP contribution in [-0.4, -0.2) is 237 Å². The Morgan fingerprint density at radius 1 is 0.937 bits per heavy atom. The van der Waals surface area contributed by atoms with Crippen molar-refractivity contribution in [2.24, 2.45) is 17.0 Å². The molecule has 10 rings (SSSR count). The number of carbonyl (C=O) groups excluding carboxylic acids is 7. The number of imide groups is 2. The van der Waals surface area contributed by atoms with Crippen LogP contribution in [0.4, 0.5) is 0 Å². The highest BCUT2D eigenvalue weighted by molar-refractivity contribution is 14.1. The van der Waals surface area contributed by atoms with Crippen LogP contribution in [0.5, 0.6) is 17.2 Å². The molecule has 0 aromatic heterocycles. The number of amides is 4. The lowest BCUT2D eigenvalue weighted by atomic mass is 9.81. The van der Waals surface area contributed by atoms with Crippen molar-refractivity contribution in [2.75, 3.05) is 60.1 Å². The number of methoxy groups -OCH3 is 3. The van der Waals surface area contributed by atoms with Crippen LogP contribution < -0.4 is 9.47 Å². The number of phenols is 1. The van der Waals surface area contributed by atoms with E-state index in [4.69, 9.17) is 66.5 Å². The zero-order valence-electron chi connectivity index (χ0n) is 54.7. The number of benzene rings is 2. The molecule has 32 heteroatoms. The van der Waals surface area contributed by atoms with Crippen LogP contribution in [0.3, 0.4) is 0 Å². The summed E-state index contributed by atoms with van der Waals surface area (Å²) < 4.78 is 73.5. The van der Waals surface area contributed by atoms with Crippen LogP contribution in [0.1, 0.15) is 143 Å². The van der Waals surface area contributed by atoms with Gasteiger partial charge in [0.1, 0.15) is 41.7 Å². The van der Waals surface area contributed by atoms with E-state index in [9.17, 15) is 64.2 Å². The van der Waals surface area contributed by atoms with E-state index in [-0.39, 0.29) is 110 Å². The molecule has 1 saturated carbocycles. The number of hydroxylamine groups is 2. The lowest BCUT2D eigenvalue weighted by Crippen LogP contribution is -2.68. The predicted molar refractivity (Wildman–Crippen MR) is 335 cm³/mol. The summed E-state index contributed by atoms with van der Waals surface area (Å²) in [5.74, 6) is -9.66.